The molecule has 0 aromatic carbocycles. The van der Waals surface area contributed by atoms with E-state index in [1.165, 1.54) is 12.8 Å². The smallest absolute Gasteiger partial charge is 0.133 e. The van der Waals surface area contributed by atoms with E-state index in [9.17, 15) is 4.79 Å². The summed E-state index contributed by atoms with van der Waals surface area (Å²) in [5.41, 5.74) is 0. The first-order valence-corrected chi connectivity index (χ1v) is 4.12. The van der Waals surface area contributed by atoms with Crippen LogP contribution in [0.3, 0.4) is 0 Å². The summed E-state index contributed by atoms with van der Waals surface area (Å²) < 4.78 is 0. The van der Waals surface area contributed by atoms with E-state index in [4.69, 9.17) is 0 Å². The van der Waals surface area contributed by atoms with Gasteiger partial charge in [0, 0.05) is 6.42 Å². The average molecular weight is 150 g/mol. The normalized spacial score (nSPS) is 23.2. The molecule has 1 rings (SSSR count). The lowest BCUT2D eigenvalue weighted by Crippen LogP contribution is -1.87. The van der Waals surface area contributed by atoms with Crippen LogP contribution in [-0.2, 0) is 4.79 Å². The van der Waals surface area contributed by atoms with Gasteiger partial charge in [-0.15, -0.1) is 0 Å². The quantitative estimate of drug-likeness (QED) is 0.565. The van der Waals surface area contributed by atoms with E-state index in [1.807, 2.05) is 6.08 Å². The number of Topliss-reactive ketones (excluding diaryl/α,β-unsaturated/α-hetero) is 1. The van der Waals surface area contributed by atoms with Crippen LogP contribution in [0.2, 0.25) is 0 Å². The molecule has 1 atom stereocenters. The average Bonchev–Trinajstić information content (AvgIpc) is 2.39. The molecular formula is C10H14O. The minimum atomic E-state index is 0.239. The van der Waals surface area contributed by atoms with E-state index >= 15 is 0 Å². The summed E-state index contributed by atoms with van der Waals surface area (Å²) >= 11 is 0. The molecular weight excluding hydrogens is 136 g/mol. The second-order valence-electron chi connectivity index (χ2n) is 3.00. The molecule has 0 saturated carbocycles. The van der Waals surface area contributed by atoms with Crippen molar-refractivity contribution in [2.45, 2.75) is 26.2 Å². The summed E-state index contributed by atoms with van der Waals surface area (Å²) in [7, 11) is 0. The summed E-state index contributed by atoms with van der Waals surface area (Å²) in [6.45, 7) is 1.62. The molecule has 0 aromatic heterocycles. The maximum absolute atomic E-state index is 10.5. The third-order valence-electron chi connectivity index (χ3n) is 1.84. The molecule has 1 nitrogen and oxygen atoms in total. The fourth-order valence-electron chi connectivity index (χ4n) is 1.23. The molecule has 11 heavy (non-hydrogen) atoms. The third kappa shape index (κ3) is 3.17. The standard InChI is InChI=1S/C10H14O/c1-9(11)5-4-8-10-6-2-3-7-10/h2,4,6,8,10H,3,5,7H2,1H3/t10-/m1/s1. The minimum absolute atomic E-state index is 0.239. The van der Waals surface area contributed by atoms with Gasteiger partial charge in [0.2, 0.25) is 0 Å². The summed E-state index contributed by atoms with van der Waals surface area (Å²) in [4.78, 5) is 10.5. The van der Waals surface area contributed by atoms with Crippen LogP contribution in [0.5, 0.6) is 0 Å². The van der Waals surface area contributed by atoms with Crippen LogP contribution < -0.4 is 0 Å². The van der Waals surface area contributed by atoms with Crippen molar-refractivity contribution in [3.63, 3.8) is 0 Å². The first-order chi connectivity index (χ1) is 5.29. The van der Waals surface area contributed by atoms with Crippen LogP contribution in [0.25, 0.3) is 0 Å². The van der Waals surface area contributed by atoms with Gasteiger partial charge in [-0.3, -0.25) is 4.79 Å². The molecule has 0 N–H and O–H groups in total. The van der Waals surface area contributed by atoms with Gasteiger partial charge in [-0.1, -0.05) is 24.3 Å². The number of hydrogen-bond donors (Lipinski definition) is 0. The summed E-state index contributed by atoms with van der Waals surface area (Å²) in [6.07, 6.45) is 11.5. The third-order valence-corrected chi connectivity index (χ3v) is 1.84. The van der Waals surface area contributed by atoms with Crippen molar-refractivity contribution in [3.8, 4) is 0 Å². The first kappa shape index (κ1) is 8.25. The van der Waals surface area contributed by atoms with Gasteiger partial charge < -0.3 is 0 Å². The zero-order valence-corrected chi connectivity index (χ0v) is 6.92. The van der Waals surface area contributed by atoms with Crippen molar-refractivity contribution < 1.29 is 4.79 Å². The Kier molecular flexibility index (Phi) is 3.09. The van der Waals surface area contributed by atoms with Gasteiger partial charge in [0.15, 0.2) is 0 Å². The molecule has 0 radical (unpaired) electrons. The number of rotatable bonds is 3. The van der Waals surface area contributed by atoms with Crippen molar-refractivity contribution in [3.05, 3.63) is 24.3 Å². The lowest BCUT2D eigenvalue weighted by molar-refractivity contribution is -0.116. The number of ketones is 1. The van der Waals surface area contributed by atoms with Gasteiger partial charge in [-0.05, 0) is 25.7 Å². The predicted molar refractivity (Wildman–Crippen MR) is 46.3 cm³/mol. The van der Waals surface area contributed by atoms with E-state index in [2.05, 4.69) is 18.2 Å². The van der Waals surface area contributed by atoms with Crippen molar-refractivity contribution >= 4 is 5.78 Å². The second-order valence-corrected chi connectivity index (χ2v) is 3.00. The molecule has 0 saturated heterocycles. The highest BCUT2D eigenvalue weighted by atomic mass is 16.1. The van der Waals surface area contributed by atoms with Crippen LogP contribution in [0.15, 0.2) is 24.3 Å². The molecule has 1 aliphatic carbocycles. The van der Waals surface area contributed by atoms with Gasteiger partial charge in [0.05, 0.1) is 0 Å². The fraction of sp³-hybridized carbons (Fsp3) is 0.500. The minimum Gasteiger partial charge on any atom is -0.300 e. The van der Waals surface area contributed by atoms with E-state index in [-0.39, 0.29) is 5.78 Å². The maximum Gasteiger partial charge on any atom is 0.133 e. The van der Waals surface area contributed by atoms with Gasteiger partial charge in [-0.25, -0.2) is 0 Å². The summed E-state index contributed by atoms with van der Waals surface area (Å²) in [5, 5.41) is 0. The van der Waals surface area contributed by atoms with Gasteiger partial charge in [0.25, 0.3) is 0 Å². The zero-order chi connectivity index (χ0) is 8.10. The van der Waals surface area contributed by atoms with Crippen LogP contribution in [0.4, 0.5) is 0 Å². The van der Waals surface area contributed by atoms with Crippen molar-refractivity contribution in [2.24, 2.45) is 5.92 Å². The Balaban J connectivity index is 2.23. The van der Waals surface area contributed by atoms with Crippen molar-refractivity contribution in [1.29, 1.82) is 0 Å². The summed E-state index contributed by atoms with van der Waals surface area (Å²) in [6, 6.07) is 0. The Morgan fingerprint density at radius 3 is 3.09 bits per heavy atom. The van der Waals surface area contributed by atoms with Crippen LogP contribution in [-0.4, -0.2) is 5.78 Å². The second kappa shape index (κ2) is 4.12. The summed E-state index contributed by atoms with van der Waals surface area (Å²) in [5.74, 6) is 0.831. The Labute approximate surface area is 67.8 Å². The highest BCUT2D eigenvalue weighted by molar-refractivity contribution is 5.76. The highest BCUT2D eigenvalue weighted by Crippen LogP contribution is 2.17. The molecule has 0 amide bonds. The molecule has 60 valence electrons. The lowest BCUT2D eigenvalue weighted by Gasteiger charge is -1.96. The molecule has 0 unspecified atom stereocenters. The number of carbonyl (C=O) groups excluding carboxylic acids is 1. The van der Waals surface area contributed by atoms with Crippen molar-refractivity contribution in [1.82, 2.24) is 0 Å². The fourth-order valence-corrected chi connectivity index (χ4v) is 1.23. The largest absolute Gasteiger partial charge is 0.300 e. The van der Waals surface area contributed by atoms with E-state index in [0.717, 1.165) is 0 Å². The van der Waals surface area contributed by atoms with Crippen LogP contribution in [0.1, 0.15) is 26.2 Å². The van der Waals surface area contributed by atoms with Crippen molar-refractivity contribution in [2.75, 3.05) is 0 Å². The Hall–Kier alpha value is -0.850. The molecule has 0 aromatic rings. The Morgan fingerprint density at radius 1 is 1.73 bits per heavy atom. The van der Waals surface area contributed by atoms with E-state index < -0.39 is 0 Å². The van der Waals surface area contributed by atoms with Gasteiger partial charge in [-0.2, -0.15) is 0 Å². The predicted octanol–water partition coefficient (Wildman–Crippen LogP) is 2.49. The van der Waals surface area contributed by atoms with Crippen LogP contribution in [0, 0.1) is 5.92 Å². The monoisotopic (exact) mass is 150 g/mol. The molecule has 0 fully saturated rings. The molecule has 0 spiro atoms. The molecule has 1 heteroatoms. The first-order valence-electron chi connectivity index (χ1n) is 4.12. The molecule has 0 bridgehead atoms. The maximum atomic E-state index is 10.5. The molecule has 1 aliphatic rings. The van der Waals surface area contributed by atoms with Crippen LogP contribution >= 0.6 is 0 Å². The van der Waals surface area contributed by atoms with Gasteiger partial charge in [0.1, 0.15) is 5.78 Å². The number of carbonyl (C=O) groups is 1. The number of allylic oxidation sites excluding steroid dienone is 4. The van der Waals surface area contributed by atoms with E-state index in [0.29, 0.717) is 12.3 Å². The number of hydrogen-bond acceptors (Lipinski definition) is 1. The molecule has 0 heterocycles. The van der Waals surface area contributed by atoms with E-state index in [1.54, 1.807) is 6.92 Å². The highest BCUT2D eigenvalue weighted by Gasteiger charge is 2.03. The zero-order valence-electron chi connectivity index (χ0n) is 6.92. The molecule has 0 aliphatic heterocycles. The Morgan fingerprint density at radius 2 is 2.55 bits per heavy atom. The topological polar surface area (TPSA) is 17.1 Å². The lowest BCUT2D eigenvalue weighted by atomic mass is 10.1. The SMILES string of the molecule is CC(=O)CC=C[C@@H]1C=CCC1. The van der Waals surface area contributed by atoms with Gasteiger partial charge >= 0.3 is 0 Å². The Bertz CT molecular complexity index is 189.